The first-order valence-electron chi connectivity index (χ1n) is 4.62. The summed E-state index contributed by atoms with van der Waals surface area (Å²) in [4.78, 5) is 14.5. The topological polar surface area (TPSA) is 50.2 Å². The molecule has 0 amide bonds. The van der Waals surface area contributed by atoms with Gasteiger partial charge in [0.1, 0.15) is 5.82 Å². The van der Waals surface area contributed by atoms with Crippen molar-refractivity contribution in [1.82, 2.24) is 4.98 Å². The van der Waals surface area contributed by atoms with Crippen molar-refractivity contribution in [3.8, 4) is 11.1 Å². The summed E-state index contributed by atoms with van der Waals surface area (Å²) in [6.45, 7) is 0. The van der Waals surface area contributed by atoms with Gasteiger partial charge in [-0.25, -0.2) is 9.18 Å². The highest BCUT2D eigenvalue weighted by Gasteiger charge is 2.10. The van der Waals surface area contributed by atoms with Crippen LogP contribution < -0.4 is 0 Å². The number of rotatable bonds is 2. The van der Waals surface area contributed by atoms with E-state index >= 15 is 0 Å². The van der Waals surface area contributed by atoms with Gasteiger partial charge >= 0.3 is 5.97 Å². The zero-order valence-corrected chi connectivity index (χ0v) is 8.22. The van der Waals surface area contributed by atoms with E-state index < -0.39 is 11.8 Å². The fourth-order valence-electron chi connectivity index (χ4n) is 1.40. The Morgan fingerprint density at radius 1 is 1.25 bits per heavy atom. The number of aromatic nitrogens is 1. The fourth-order valence-corrected chi connectivity index (χ4v) is 1.40. The summed E-state index contributed by atoms with van der Waals surface area (Å²) in [5.74, 6) is -2.01. The smallest absolute Gasteiger partial charge is 0.338 e. The Balaban J connectivity index is 2.46. The molecule has 1 aromatic heterocycles. The number of carbonyl (C=O) groups is 1. The number of halogens is 1. The van der Waals surface area contributed by atoms with Crippen LogP contribution in [0.15, 0.2) is 42.7 Å². The van der Waals surface area contributed by atoms with Crippen LogP contribution in [0.3, 0.4) is 0 Å². The first kappa shape index (κ1) is 10.3. The quantitative estimate of drug-likeness (QED) is 0.841. The highest BCUT2D eigenvalue weighted by molar-refractivity contribution is 5.88. The second-order valence-electron chi connectivity index (χ2n) is 3.24. The number of carboxylic acid groups (broad SMARTS) is 1. The molecule has 2 aromatic rings. The average molecular weight is 217 g/mol. The minimum Gasteiger partial charge on any atom is -0.478 e. The standard InChI is InChI=1S/C12H8FNO2/c13-11-6-8(3-4-10(11)12(15)16)9-2-1-5-14-7-9/h1-7H,(H,15,16). The first-order valence-corrected chi connectivity index (χ1v) is 4.62. The normalized spacial score (nSPS) is 10.1. The van der Waals surface area contributed by atoms with E-state index in [0.29, 0.717) is 5.56 Å². The molecule has 3 nitrogen and oxygen atoms in total. The number of benzene rings is 1. The van der Waals surface area contributed by atoms with Crippen LogP contribution in [0.1, 0.15) is 10.4 Å². The molecule has 2 rings (SSSR count). The lowest BCUT2D eigenvalue weighted by molar-refractivity contribution is 0.0692. The minimum absolute atomic E-state index is 0.326. The molecule has 1 aromatic carbocycles. The second kappa shape index (κ2) is 4.10. The molecule has 0 aliphatic heterocycles. The van der Waals surface area contributed by atoms with Crippen molar-refractivity contribution in [2.24, 2.45) is 0 Å². The molecular formula is C12H8FNO2. The van der Waals surface area contributed by atoms with Crippen molar-refractivity contribution in [2.75, 3.05) is 0 Å². The van der Waals surface area contributed by atoms with Crippen LogP contribution in [0.4, 0.5) is 4.39 Å². The number of hydrogen-bond donors (Lipinski definition) is 1. The van der Waals surface area contributed by atoms with Gasteiger partial charge in [0.2, 0.25) is 0 Å². The third kappa shape index (κ3) is 1.91. The Morgan fingerprint density at radius 3 is 2.62 bits per heavy atom. The van der Waals surface area contributed by atoms with Crippen LogP contribution in [0, 0.1) is 5.82 Å². The van der Waals surface area contributed by atoms with Gasteiger partial charge < -0.3 is 5.11 Å². The van der Waals surface area contributed by atoms with Crippen molar-refractivity contribution >= 4 is 5.97 Å². The van der Waals surface area contributed by atoms with Crippen LogP contribution in [0.25, 0.3) is 11.1 Å². The van der Waals surface area contributed by atoms with E-state index in [2.05, 4.69) is 4.98 Å². The van der Waals surface area contributed by atoms with Gasteiger partial charge in [-0.3, -0.25) is 4.98 Å². The molecule has 0 aliphatic rings. The number of nitrogens with zero attached hydrogens (tertiary/aromatic N) is 1. The Bertz CT molecular complexity index is 526. The minimum atomic E-state index is -1.27. The summed E-state index contributed by atoms with van der Waals surface area (Å²) < 4.78 is 13.4. The lowest BCUT2D eigenvalue weighted by Crippen LogP contribution is -2.00. The van der Waals surface area contributed by atoms with Gasteiger partial charge in [-0.2, -0.15) is 0 Å². The van der Waals surface area contributed by atoms with Crippen LogP contribution >= 0.6 is 0 Å². The largest absolute Gasteiger partial charge is 0.478 e. The highest BCUT2D eigenvalue weighted by atomic mass is 19.1. The van der Waals surface area contributed by atoms with Gasteiger partial charge in [-0.05, 0) is 23.8 Å². The van der Waals surface area contributed by atoms with E-state index in [-0.39, 0.29) is 5.56 Å². The molecule has 0 fully saturated rings. The Labute approximate surface area is 91.2 Å². The van der Waals surface area contributed by atoms with Gasteiger partial charge in [-0.15, -0.1) is 0 Å². The van der Waals surface area contributed by atoms with Crippen molar-refractivity contribution in [3.05, 3.63) is 54.1 Å². The summed E-state index contributed by atoms with van der Waals surface area (Å²) in [5.41, 5.74) is 1.03. The van der Waals surface area contributed by atoms with Gasteiger partial charge in [0.15, 0.2) is 0 Å². The molecule has 80 valence electrons. The molecule has 1 heterocycles. The summed E-state index contributed by atoms with van der Waals surface area (Å²) in [6, 6.07) is 7.52. The number of hydrogen-bond acceptors (Lipinski definition) is 2. The second-order valence-corrected chi connectivity index (χ2v) is 3.24. The monoisotopic (exact) mass is 217 g/mol. The average Bonchev–Trinajstić information content (AvgIpc) is 2.29. The molecule has 0 bridgehead atoms. The van der Waals surface area contributed by atoms with Crippen molar-refractivity contribution in [2.45, 2.75) is 0 Å². The maximum absolute atomic E-state index is 13.4. The number of aromatic carboxylic acids is 1. The molecule has 0 aliphatic carbocycles. The summed E-state index contributed by atoms with van der Waals surface area (Å²) in [7, 11) is 0. The maximum atomic E-state index is 13.4. The molecular weight excluding hydrogens is 209 g/mol. The van der Waals surface area contributed by atoms with Gasteiger partial charge in [0, 0.05) is 18.0 Å². The molecule has 0 radical (unpaired) electrons. The fraction of sp³-hybridized carbons (Fsp3) is 0. The van der Waals surface area contributed by atoms with E-state index in [1.54, 1.807) is 30.6 Å². The van der Waals surface area contributed by atoms with Crippen LogP contribution in [0.5, 0.6) is 0 Å². The predicted octanol–water partition coefficient (Wildman–Crippen LogP) is 2.59. The lowest BCUT2D eigenvalue weighted by atomic mass is 10.1. The lowest BCUT2D eigenvalue weighted by Gasteiger charge is -2.02. The molecule has 0 atom stereocenters. The third-order valence-corrected chi connectivity index (χ3v) is 2.19. The number of pyridine rings is 1. The van der Waals surface area contributed by atoms with Crippen LogP contribution in [0.2, 0.25) is 0 Å². The maximum Gasteiger partial charge on any atom is 0.338 e. The summed E-state index contributed by atoms with van der Waals surface area (Å²) in [5, 5.41) is 8.67. The number of carboxylic acids is 1. The SMILES string of the molecule is O=C(O)c1ccc(-c2cccnc2)cc1F. The van der Waals surface area contributed by atoms with Gasteiger partial charge in [-0.1, -0.05) is 12.1 Å². The molecule has 4 heteroatoms. The first-order chi connectivity index (χ1) is 7.68. The van der Waals surface area contributed by atoms with E-state index in [1.165, 1.54) is 12.1 Å². The van der Waals surface area contributed by atoms with E-state index in [0.717, 1.165) is 5.56 Å². The van der Waals surface area contributed by atoms with Crippen molar-refractivity contribution in [3.63, 3.8) is 0 Å². The molecule has 0 saturated carbocycles. The summed E-state index contributed by atoms with van der Waals surface area (Å²) in [6.07, 6.45) is 3.21. The van der Waals surface area contributed by atoms with E-state index in [9.17, 15) is 9.18 Å². The third-order valence-electron chi connectivity index (χ3n) is 2.19. The zero-order chi connectivity index (χ0) is 11.5. The molecule has 16 heavy (non-hydrogen) atoms. The molecule has 1 N–H and O–H groups in total. The Kier molecular flexibility index (Phi) is 2.64. The summed E-state index contributed by atoms with van der Waals surface area (Å²) >= 11 is 0. The van der Waals surface area contributed by atoms with Crippen molar-refractivity contribution in [1.29, 1.82) is 0 Å². The molecule has 0 saturated heterocycles. The zero-order valence-electron chi connectivity index (χ0n) is 8.22. The Hall–Kier alpha value is -2.23. The Morgan fingerprint density at radius 2 is 2.06 bits per heavy atom. The van der Waals surface area contributed by atoms with Crippen molar-refractivity contribution < 1.29 is 14.3 Å². The highest BCUT2D eigenvalue weighted by Crippen LogP contribution is 2.20. The van der Waals surface area contributed by atoms with Gasteiger partial charge in [0.05, 0.1) is 5.56 Å². The molecule has 0 spiro atoms. The van der Waals surface area contributed by atoms with Crippen LogP contribution in [-0.4, -0.2) is 16.1 Å². The van der Waals surface area contributed by atoms with Gasteiger partial charge in [0.25, 0.3) is 0 Å². The van der Waals surface area contributed by atoms with E-state index in [4.69, 9.17) is 5.11 Å². The molecule has 0 unspecified atom stereocenters. The predicted molar refractivity (Wildman–Crippen MR) is 56.6 cm³/mol. The van der Waals surface area contributed by atoms with Crippen LogP contribution in [-0.2, 0) is 0 Å². The van der Waals surface area contributed by atoms with E-state index in [1.807, 2.05) is 0 Å².